The van der Waals surface area contributed by atoms with Crippen LogP contribution in [0.25, 0.3) is 55.8 Å². The minimum Gasteiger partial charge on any atom is -0.497 e. The first-order chi connectivity index (χ1) is 16.6. The van der Waals surface area contributed by atoms with Crippen LogP contribution in [0.4, 0.5) is 4.39 Å². The number of halogens is 1. The Balaban J connectivity index is 1.51. The van der Waals surface area contributed by atoms with E-state index in [2.05, 4.69) is 38.1 Å². The summed E-state index contributed by atoms with van der Waals surface area (Å²) < 4.78 is 19.4. The molecular weight excluding hydrogens is 431 g/mol. The zero-order valence-corrected chi connectivity index (χ0v) is 18.4. The summed E-state index contributed by atoms with van der Waals surface area (Å²) in [6.45, 7) is 2.06. The molecule has 6 rings (SSSR count). The number of hydrogen-bond acceptors (Lipinski definition) is 5. The summed E-state index contributed by atoms with van der Waals surface area (Å²) in [5.74, 6) is 0.628. The van der Waals surface area contributed by atoms with Gasteiger partial charge in [0.05, 0.1) is 12.6 Å². The van der Waals surface area contributed by atoms with E-state index in [9.17, 15) is 4.39 Å². The Morgan fingerprint density at radius 1 is 0.941 bits per heavy atom. The molecule has 34 heavy (non-hydrogen) atoms. The number of benzene rings is 2. The lowest BCUT2D eigenvalue weighted by Crippen LogP contribution is -1.88. The van der Waals surface area contributed by atoms with Gasteiger partial charge < -0.3 is 9.72 Å². The van der Waals surface area contributed by atoms with E-state index in [0.29, 0.717) is 34.0 Å². The number of ether oxygens (including phenoxy) is 1. The molecule has 7 nitrogen and oxygen atoms in total. The molecule has 0 atom stereocenters. The summed E-state index contributed by atoms with van der Waals surface area (Å²) in [6, 6.07) is 14.5. The van der Waals surface area contributed by atoms with E-state index >= 15 is 0 Å². The second kappa shape index (κ2) is 7.77. The third-order valence-corrected chi connectivity index (χ3v) is 5.94. The third kappa shape index (κ3) is 3.27. The molecule has 4 aromatic heterocycles. The first-order valence-corrected chi connectivity index (χ1v) is 10.7. The number of pyridine rings is 2. The molecule has 0 aliphatic rings. The quantitative estimate of drug-likeness (QED) is 0.360. The number of hydrogen-bond donors (Lipinski definition) is 2. The van der Waals surface area contributed by atoms with Crippen LogP contribution in [0.3, 0.4) is 0 Å². The topological polar surface area (TPSA) is 92.4 Å². The normalized spacial score (nSPS) is 11.4. The number of imidazole rings is 1. The Bertz CT molecular complexity index is 1690. The summed E-state index contributed by atoms with van der Waals surface area (Å²) in [7, 11) is 1.51. The number of rotatable bonds is 4. The van der Waals surface area contributed by atoms with Gasteiger partial charge in [-0.05, 0) is 60.0 Å². The van der Waals surface area contributed by atoms with Gasteiger partial charge in [0.15, 0.2) is 11.5 Å². The van der Waals surface area contributed by atoms with E-state index in [1.807, 2.05) is 30.5 Å². The number of methoxy groups -OCH3 is 1. The van der Waals surface area contributed by atoms with Crippen molar-refractivity contribution in [3.05, 3.63) is 78.5 Å². The Hall–Kier alpha value is -4.59. The highest BCUT2D eigenvalue weighted by atomic mass is 19.1. The zero-order chi connectivity index (χ0) is 23.2. The van der Waals surface area contributed by atoms with Gasteiger partial charge in [-0.15, -0.1) is 0 Å². The van der Waals surface area contributed by atoms with Crippen molar-refractivity contribution < 1.29 is 9.13 Å². The Morgan fingerprint density at radius 3 is 2.71 bits per heavy atom. The molecule has 0 saturated carbocycles. The van der Waals surface area contributed by atoms with Gasteiger partial charge in [0.1, 0.15) is 22.8 Å². The predicted molar refractivity (Wildman–Crippen MR) is 129 cm³/mol. The van der Waals surface area contributed by atoms with E-state index in [4.69, 9.17) is 9.72 Å². The van der Waals surface area contributed by atoms with Crippen molar-refractivity contribution in [2.24, 2.45) is 0 Å². The van der Waals surface area contributed by atoms with Gasteiger partial charge in [0.25, 0.3) is 0 Å². The molecule has 2 aromatic carbocycles. The molecular formula is C26H19FN6O. The number of aromatic nitrogens is 6. The molecule has 6 aromatic rings. The standard InChI is InChI=1S/C26H19FN6O/c1-14-5-7-28-13-21(14)15-3-4-22-20(11-15)24(33-32-22)26-30-23-19(6-8-29-25(23)31-26)16-9-17(27)12-18(10-16)34-2/h3-13H,1-2H3,(H,32,33)(H,29,30,31). The fourth-order valence-corrected chi connectivity index (χ4v) is 4.22. The van der Waals surface area contributed by atoms with Crippen LogP contribution in [-0.2, 0) is 0 Å². The number of aryl methyl sites for hydroxylation is 1. The molecule has 4 heterocycles. The number of aromatic amines is 2. The Morgan fingerprint density at radius 2 is 1.85 bits per heavy atom. The van der Waals surface area contributed by atoms with Gasteiger partial charge in [0.2, 0.25) is 0 Å². The lowest BCUT2D eigenvalue weighted by atomic mass is 10.0. The minimum absolute atomic E-state index is 0.383. The second-order valence-electron chi connectivity index (χ2n) is 8.04. The van der Waals surface area contributed by atoms with Crippen LogP contribution in [0.1, 0.15) is 5.56 Å². The number of H-pyrrole nitrogens is 2. The maximum atomic E-state index is 14.2. The molecule has 0 saturated heterocycles. The fraction of sp³-hybridized carbons (Fsp3) is 0.0769. The predicted octanol–water partition coefficient (Wildman–Crippen LogP) is 5.69. The van der Waals surface area contributed by atoms with Crippen LogP contribution in [0.15, 0.2) is 67.1 Å². The molecule has 0 aliphatic heterocycles. The smallest absolute Gasteiger partial charge is 0.160 e. The maximum absolute atomic E-state index is 14.2. The van der Waals surface area contributed by atoms with Gasteiger partial charge in [-0.3, -0.25) is 10.1 Å². The maximum Gasteiger partial charge on any atom is 0.160 e. The summed E-state index contributed by atoms with van der Waals surface area (Å²) in [6.07, 6.45) is 5.32. The summed E-state index contributed by atoms with van der Waals surface area (Å²) in [5.41, 5.74) is 7.44. The molecule has 2 N–H and O–H groups in total. The van der Waals surface area contributed by atoms with Crippen molar-refractivity contribution in [3.8, 4) is 39.5 Å². The molecule has 0 spiro atoms. The Kier molecular flexibility index (Phi) is 4.58. The van der Waals surface area contributed by atoms with Crippen molar-refractivity contribution in [2.75, 3.05) is 7.11 Å². The van der Waals surface area contributed by atoms with Gasteiger partial charge in [-0.2, -0.15) is 5.10 Å². The molecule has 0 radical (unpaired) electrons. The average molecular weight is 450 g/mol. The Labute approximate surface area is 193 Å². The van der Waals surface area contributed by atoms with Crippen molar-refractivity contribution >= 4 is 22.1 Å². The lowest BCUT2D eigenvalue weighted by molar-refractivity contribution is 0.411. The van der Waals surface area contributed by atoms with E-state index < -0.39 is 0 Å². The van der Waals surface area contributed by atoms with E-state index in [-0.39, 0.29) is 5.82 Å². The average Bonchev–Trinajstić information content (AvgIpc) is 3.47. The monoisotopic (exact) mass is 450 g/mol. The highest BCUT2D eigenvalue weighted by Gasteiger charge is 2.17. The highest BCUT2D eigenvalue weighted by Crippen LogP contribution is 2.34. The van der Waals surface area contributed by atoms with Gasteiger partial charge in [0, 0.05) is 41.2 Å². The minimum atomic E-state index is -0.383. The van der Waals surface area contributed by atoms with Gasteiger partial charge in [-0.25, -0.2) is 14.4 Å². The number of nitrogens with one attached hydrogen (secondary N) is 2. The molecule has 0 bridgehead atoms. The highest BCUT2D eigenvalue weighted by molar-refractivity contribution is 5.97. The fourth-order valence-electron chi connectivity index (χ4n) is 4.22. The first-order valence-electron chi connectivity index (χ1n) is 10.7. The largest absolute Gasteiger partial charge is 0.497 e. The van der Waals surface area contributed by atoms with Crippen LogP contribution in [-0.4, -0.2) is 37.2 Å². The molecule has 166 valence electrons. The molecule has 0 fully saturated rings. The van der Waals surface area contributed by atoms with Crippen molar-refractivity contribution in [1.82, 2.24) is 30.1 Å². The lowest BCUT2D eigenvalue weighted by Gasteiger charge is -2.06. The van der Waals surface area contributed by atoms with Gasteiger partial charge >= 0.3 is 0 Å². The third-order valence-electron chi connectivity index (χ3n) is 5.94. The second-order valence-corrected chi connectivity index (χ2v) is 8.04. The van der Waals surface area contributed by atoms with Crippen LogP contribution in [0, 0.1) is 12.7 Å². The van der Waals surface area contributed by atoms with Crippen LogP contribution < -0.4 is 4.74 Å². The van der Waals surface area contributed by atoms with E-state index in [1.165, 1.54) is 19.2 Å². The van der Waals surface area contributed by atoms with Crippen LogP contribution in [0.2, 0.25) is 0 Å². The summed E-state index contributed by atoms with van der Waals surface area (Å²) in [5, 5.41) is 8.53. The van der Waals surface area contributed by atoms with E-state index in [1.54, 1.807) is 18.5 Å². The van der Waals surface area contributed by atoms with Crippen LogP contribution >= 0.6 is 0 Å². The summed E-state index contributed by atoms with van der Waals surface area (Å²) in [4.78, 5) is 16.8. The first kappa shape index (κ1) is 20.0. The molecule has 0 aliphatic carbocycles. The number of fused-ring (bicyclic) bond motifs is 2. The van der Waals surface area contributed by atoms with Crippen molar-refractivity contribution in [1.29, 1.82) is 0 Å². The van der Waals surface area contributed by atoms with Crippen molar-refractivity contribution in [3.63, 3.8) is 0 Å². The van der Waals surface area contributed by atoms with E-state index in [0.717, 1.165) is 33.2 Å². The SMILES string of the molecule is COc1cc(F)cc(-c2ccnc3[nH]c(-c4n[nH]c5ccc(-c6cnccc6C)cc45)nc23)c1. The molecule has 0 unspecified atom stereocenters. The molecule has 0 amide bonds. The van der Waals surface area contributed by atoms with Crippen LogP contribution in [0.5, 0.6) is 5.75 Å². The zero-order valence-electron chi connectivity index (χ0n) is 18.4. The van der Waals surface area contributed by atoms with Gasteiger partial charge in [-0.1, -0.05) is 6.07 Å². The summed E-state index contributed by atoms with van der Waals surface area (Å²) >= 11 is 0. The van der Waals surface area contributed by atoms with Crippen molar-refractivity contribution in [2.45, 2.75) is 6.92 Å². The number of nitrogens with zero attached hydrogens (tertiary/aromatic N) is 4. The molecule has 8 heteroatoms.